The van der Waals surface area contributed by atoms with Gasteiger partial charge in [0.25, 0.3) is 0 Å². The molecule has 3 heteroatoms. The van der Waals surface area contributed by atoms with Gasteiger partial charge in [-0.2, -0.15) is 0 Å². The highest BCUT2D eigenvalue weighted by Gasteiger charge is 2.03. The standard InChI is InChI=1S/C14H19NO2/c1-3-8-14(16)15(2)11-7-12-17-13-9-5-4-6-10-13/h3-6,8-10H,7,11-12H2,1-2H3. The molecule has 0 fully saturated rings. The lowest BCUT2D eigenvalue weighted by Crippen LogP contribution is -2.26. The third-order valence-electron chi connectivity index (χ3n) is 2.34. The lowest BCUT2D eigenvalue weighted by molar-refractivity contribution is -0.124. The average Bonchev–Trinajstić information content (AvgIpc) is 2.36. The van der Waals surface area contributed by atoms with Gasteiger partial charge >= 0.3 is 0 Å². The number of allylic oxidation sites excluding steroid dienone is 1. The van der Waals surface area contributed by atoms with Gasteiger partial charge in [0.2, 0.25) is 5.91 Å². The molecule has 1 amide bonds. The number of hydrogen-bond donors (Lipinski definition) is 0. The fourth-order valence-electron chi connectivity index (χ4n) is 1.39. The van der Waals surface area contributed by atoms with Crippen LogP contribution in [0.5, 0.6) is 5.75 Å². The number of ether oxygens (including phenoxy) is 1. The number of rotatable bonds is 6. The van der Waals surface area contributed by atoms with Crippen molar-refractivity contribution in [3.63, 3.8) is 0 Å². The van der Waals surface area contributed by atoms with Crippen molar-refractivity contribution < 1.29 is 9.53 Å². The summed E-state index contributed by atoms with van der Waals surface area (Å²) < 4.78 is 5.54. The van der Waals surface area contributed by atoms with E-state index in [1.807, 2.05) is 37.3 Å². The van der Waals surface area contributed by atoms with Gasteiger partial charge in [-0.25, -0.2) is 0 Å². The van der Waals surface area contributed by atoms with Gasteiger partial charge in [-0.15, -0.1) is 0 Å². The zero-order valence-corrected chi connectivity index (χ0v) is 10.4. The van der Waals surface area contributed by atoms with Crippen molar-refractivity contribution in [2.75, 3.05) is 20.2 Å². The second kappa shape index (κ2) is 7.49. The van der Waals surface area contributed by atoms with Crippen molar-refractivity contribution in [2.45, 2.75) is 13.3 Å². The Hall–Kier alpha value is -1.77. The van der Waals surface area contributed by atoms with Crippen LogP contribution in [0.4, 0.5) is 0 Å². The van der Waals surface area contributed by atoms with Crippen LogP contribution in [0.25, 0.3) is 0 Å². The summed E-state index contributed by atoms with van der Waals surface area (Å²) in [5.41, 5.74) is 0. The van der Waals surface area contributed by atoms with Gasteiger partial charge in [0.1, 0.15) is 5.75 Å². The summed E-state index contributed by atoms with van der Waals surface area (Å²) in [6.45, 7) is 3.16. The molecule has 3 nitrogen and oxygen atoms in total. The summed E-state index contributed by atoms with van der Waals surface area (Å²) in [6.07, 6.45) is 4.14. The maximum atomic E-state index is 11.4. The Balaban J connectivity index is 2.18. The molecule has 1 aromatic carbocycles. The number of likely N-dealkylation sites (N-methyl/N-ethyl adjacent to an activating group) is 1. The number of benzene rings is 1. The van der Waals surface area contributed by atoms with Crippen LogP contribution in [-0.4, -0.2) is 31.0 Å². The monoisotopic (exact) mass is 233 g/mol. The van der Waals surface area contributed by atoms with E-state index in [1.54, 1.807) is 24.1 Å². The first-order valence-electron chi connectivity index (χ1n) is 5.79. The zero-order valence-electron chi connectivity index (χ0n) is 10.4. The first-order chi connectivity index (χ1) is 8.24. The molecule has 92 valence electrons. The van der Waals surface area contributed by atoms with E-state index in [0.717, 1.165) is 12.2 Å². The summed E-state index contributed by atoms with van der Waals surface area (Å²) >= 11 is 0. The molecule has 0 spiro atoms. The fraction of sp³-hybridized carbons (Fsp3) is 0.357. The number of carbonyl (C=O) groups is 1. The van der Waals surface area contributed by atoms with Crippen LogP contribution in [0.15, 0.2) is 42.5 Å². The molecule has 0 N–H and O–H groups in total. The van der Waals surface area contributed by atoms with E-state index in [0.29, 0.717) is 13.2 Å². The maximum Gasteiger partial charge on any atom is 0.245 e. The molecule has 0 saturated carbocycles. The van der Waals surface area contributed by atoms with Gasteiger partial charge in [0.15, 0.2) is 0 Å². The van der Waals surface area contributed by atoms with Crippen LogP contribution in [0.2, 0.25) is 0 Å². The molecule has 0 saturated heterocycles. The molecule has 17 heavy (non-hydrogen) atoms. The third kappa shape index (κ3) is 5.20. The molecule has 0 aliphatic rings. The Morgan fingerprint density at radius 2 is 2.06 bits per heavy atom. The number of carbonyl (C=O) groups excluding carboxylic acids is 1. The van der Waals surface area contributed by atoms with Gasteiger partial charge in [-0.1, -0.05) is 24.3 Å². The predicted octanol–water partition coefficient (Wildman–Crippen LogP) is 2.49. The zero-order chi connectivity index (χ0) is 12.5. The molecule has 0 unspecified atom stereocenters. The van der Waals surface area contributed by atoms with Gasteiger partial charge in [-0.05, 0) is 31.6 Å². The first kappa shape index (κ1) is 13.3. The Morgan fingerprint density at radius 3 is 2.71 bits per heavy atom. The van der Waals surface area contributed by atoms with Crippen molar-refractivity contribution >= 4 is 5.91 Å². The second-order valence-electron chi connectivity index (χ2n) is 3.77. The third-order valence-corrected chi connectivity index (χ3v) is 2.34. The SMILES string of the molecule is CC=CC(=O)N(C)CCCOc1ccccc1. The molecule has 0 heterocycles. The van der Waals surface area contributed by atoms with Gasteiger partial charge in [-0.3, -0.25) is 4.79 Å². The average molecular weight is 233 g/mol. The minimum absolute atomic E-state index is 0.0345. The lowest BCUT2D eigenvalue weighted by atomic mass is 10.3. The van der Waals surface area contributed by atoms with Gasteiger partial charge in [0, 0.05) is 13.6 Å². The Morgan fingerprint density at radius 1 is 1.35 bits per heavy atom. The van der Waals surface area contributed by atoms with Crippen LogP contribution < -0.4 is 4.74 Å². The molecular formula is C14H19NO2. The molecule has 0 aromatic heterocycles. The highest BCUT2D eigenvalue weighted by molar-refractivity contribution is 5.87. The van der Waals surface area contributed by atoms with Crippen LogP contribution in [0, 0.1) is 0 Å². The summed E-state index contributed by atoms with van der Waals surface area (Å²) in [7, 11) is 1.80. The molecule has 0 atom stereocenters. The van der Waals surface area contributed by atoms with E-state index < -0.39 is 0 Å². The number of para-hydroxylation sites is 1. The highest BCUT2D eigenvalue weighted by Crippen LogP contribution is 2.08. The number of amides is 1. The highest BCUT2D eigenvalue weighted by atomic mass is 16.5. The molecule has 0 aliphatic heterocycles. The molecule has 0 aliphatic carbocycles. The van der Waals surface area contributed by atoms with Crippen LogP contribution >= 0.6 is 0 Å². The molecule has 0 bridgehead atoms. The van der Waals surface area contributed by atoms with E-state index in [1.165, 1.54) is 0 Å². The second-order valence-corrected chi connectivity index (χ2v) is 3.77. The minimum atomic E-state index is 0.0345. The lowest BCUT2D eigenvalue weighted by Gasteiger charge is -2.15. The minimum Gasteiger partial charge on any atom is -0.494 e. The van der Waals surface area contributed by atoms with Crippen molar-refractivity contribution in [1.29, 1.82) is 0 Å². The summed E-state index contributed by atoms with van der Waals surface area (Å²) in [6, 6.07) is 9.69. The molecule has 1 aromatic rings. The first-order valence-corrected chi connectivity index (χ1v) is 5.79. The number of nitrogens with zero attached hydrogens (tertiary/aromatic N) is 1. The Bertz CT molecular complexity index is 360. The van der Waals surface area contributed by atoms with Crippen molar-refractivity contribution in [3.8, 4) is 5.75 Å². The van der Waals surface area contributed by atoms with Crippen molar-refractivity contribution in [1.82, 2.24) is 4.90 Å². The van der Waals surface area contributed by atoms with Gasteiger partial charge in [0.05, 0.1) is 6.61 Å². The Kier molecular flexibility index (Phi) is 5.86. The summed E-state index contributed by atoms with van der Waals surface area (Å²) in [5.74, 6) is 0.905. The molecular weight excluding hydrogens is 214 g/mol. The Labute approximate surface area is 103 Å². The maximum absolute atomic E-state index is 11.4. The van der Waals surface area contributed by atoms with E-state index >= 15 is 0 Å². The quantitative estimate of drug-likeness (QED) is 0.558. The van der Waals surface area contributed by atoms with E-state index in [9.17, 15) is 4.79 Å². The van der Waals surface area contributed by atoms with Crippen LogP contribution in [0.3, 0.4) is 0 Å². The number of hydrogen-bond acceptors (Lipinski definition) is 2. The van der Waals surface area contributed by atoms with Crippen LogP contribution in [-0.2, 0) is 4.79 Å². The fourth-order valence-corrected chi connectivity index (χ4v) is 1.39. The normalized spacial score (nSPS) is 10.5. The van der Waals surface area contributed by atoms with Crippen molar-refractivity contribution in [2.24, 2.45) is 0 Å². The van der Waals surface area contributed by atoms with Crippen LogP contribution in [0.1, 0.15) is 13.3 Å². The topological polar surface area (TPSA) is 29.5 Å². The summed E-state index contributed by atoms with van der Waals surface area (Å²) in [4.78, 5) is 13.1. The summed E-state index contributed by atoms with van der Waals surface area (Å²) in [5, 5.41) is 0. The van der Waals surface area contributed by atoms with Crippen molar-refractivity contribution in [3.05, 3.63) is 42.5 Å². The van der Waals surface area contributed by atoms with Gasteiger partial charge < -0.3 is 9.64 Å². The van der Waals surface area contributed by atoms with E-state index in [4.69, 9.17) is 4.74 Å². The largest absolute Gasteiger partial charge is 0.494 e. The predicted molar refractivity (Wildman–Crippen MR) is 69.0 cm³/mol. The van der Waals surface area contributed by atoms with E-state index in [-0.39, 0.29) is 5.91 Å². The van der Waals surface area contributed by atoms with E-state index in [2.05, 4.69) is 0 Å². The smallest absolute Gasteiger partial charge is 0.245 e. The molecule has 1 rings (SSSR count). The molecule has 0 radical (unpaired) electrons.